The maximum absolute atomic E-state index is 13.3. The van der Waals surface area contributed by atoms with Crippen molar-refractivity contribution in [3.63, 3.8) is 0 Å². The average molecular weight is 616 g/mol. The Bertz CT molecular complexity index is 1430. The first-order valence-corrected chi connectivity index (χ1v) is 15.2. The summed E-state index contributed by atoms with van der Waals surface area (Å²) in [6.07, 6.45) is 2.18. The lowest BCUT2D eigenvalue weighted by Gasteiger charge is -2.25. The fourth-order valence-corrected chi connectivity index (χ4v) is 6.28. The molecule has 14 nitrogen and oxygen atoms in total. The number of nitrogens with two attached hydrogens (primary N) is 1. The lowest BCUT2D eigenvalue weighted by Crippen LogP contribution is -2.51. The molecule has 2 aromatic carbocycles. The molecular formula is C28H37N7O7S. The third kappa shape index (κ3) is 9.78. The number of carbonyl (C=O) groups excluding carboxylic acids is 3. The van der Waals surface area contributed by atoms with E-state index < -0.39 is 34.0 Å². The van der Waals surface area contributed by atoms with Gasteiger partial charge in [0.2, 0.25) is 27.7 Å². The van der Waals surface area contributed by atoms with E-state index in [1.165, 1.54) is 31.2 Å². The monoisotopic (exact) mass is 615 g/mol. The van der Waals surface area contributed by atoms with E-state index in [9.17, 15) is 32.7 Å². The van der Waals surface area contributed by atoms with Crippen LogP contribution >= 0.6 is 0 Å². The summed E-state index contributed by atoms with van der Waals surface area (Å²) in [4.78, 5) is 48.5. The second-order valence-electron chi connectivity index (χ2n) is 10.1. The molecule has 0 saturated carbocycles. The number of nitrogens with one attached hydrogen (secondary N) is 5. The number of benzene rings is 2. The van der Waals surface area contributed by atoms with Gasteiger partial charge in [0.05, 0.1) is 4.90 Å². The van der Waals surface area contributed by atoms with E-state index in [1.807, 2.05) is 0 Å². The first kappa shape index (κ1) is 33.0. The van der Waals surface area contributed by atoms with Gasteiger partial charge in [-0.3, -0.25) is 19.8 Å². The van der Waals surface area contributed by atoms with E-state index in [4.69, 9.17) is 11.1 Å². The van der Waals surface area contributed by atoms with E-state index in [-0.39, 0.29) is 48.5 Å². The largest absolute Gasteiger partial charge is 0.480 e. The van der Waals surface area contributed by atoms with Crippen molar-refractivity contribution in [3.8, 4) is 0 Å². The van der Waals surface area contributed by atoms with Gasteiger partial charge in [-0.05, 0) is 67.6 Å². The Morgan fingerprint density at radius 1 is 1.02 bits per heavy atom. The summed E-state index contributed by atoms with van der Waals surface area (Å²) in [6.45, 7) is 1.94. The van der Waals surface area contributed by atoms with Crippen molar-refractivity contribution < 1.29 is 32.7 Å². The number of hydrogen-bond donors (Lipinski definition) is 7. The van der Waals surface area contributed by atoms with Crippen molar-refractivity contribution in [1.82, 2.24) is 14.9 Å². The van der Waals surface area contributed by atoms with Gasteiger partial charge in [0.15, 0.2) is 5.96 Å². The van der Waals surface area contributed by atoms with Crippen molar-refractivity contribution in [1.29, 1.82) is 5.41 Å². The normalized spacial score (nSPS) is 15.7. The Balaban J connectivity index is 1.58. The summed E-state index contributed by atoms with van der Waals surface area (Å²) < 4.78 is 27.7. The number of rotatable bonds is 14. The van der Waals surface area contributed by atoms with Crippen LogP contribution in [0.4, 0.5) is 11.4 Å². The Morgan fingerprint density at radius 2 is 1.65 bits per heavy atom. The van der Waals surface area contributed by atoms with E-state index >= 15 is 0 Å². The number of sulfonamides is 1. The molecule has 1 saturated heterocycles. The minimum Gasteiger partial charge on any atom is -0.480 e. The number of guanidine groups is 1. The number of amides is 3. The van der Waals surface area contributed by atoms with Crippen LogP contribution in [0.25, 0.3) is 0 Å². The van der Waals surface area contributed by atoms with E-state index in [2.05, 4.69) is 21.3 Å². The first-order chi connectivity index (χ1) is 20.4. The minimum absolute atomic E-state index is 0.0479. The molecule has 0 radical (unpaired) electrons. The van der Waals surface area contributed by atoms with Crippen LogP contribution in [0.2, 0.25) is 0 Å². The van der Waals surface area contributed by atoms with Crippen molar-refractivity contribution in [2.24, 2.45) is 5.73 Å². The highest BCUT2D eigenvalue weighted by Crippen LogP contribution is 2.27. The molecule has 1 aliphatic rings. The molecule has 0 bridgehead atoms. The molecule has 43 heavy (non-hydrogen) atoms. The average Bonchev–Trinajstić information content (AvgIpc) is 3.45. The highest BCUT2D eigenvalue weighted by molar-refractivity contribution is 7.89. The number of carboxylic acids is 1. The van der Waals surface area contributed by atoms with Gasteiger partial charge < -0.3 is 32.1 Å². The van der Waals surface area contributed by atoms with E-state index in [0.717, 1.165) is 4.31 Å². The van der Waals surface area contributed by atoms with Crippen LogP contribution < -0.4 is 27.0 Å². The summed E-state index contributed by atoms with van der Waals surface area (Å²) in [5.41, 5.74) is 6.76. The zero-order valence-corrected chi connectivity index (χ0v) is 24.6. The maximum Gasteiger partial charge on any atom is 0.326 e. The predicted octanol–water partition coefficient (Wildman–Crippen LogP) is 1.20. The number of aliphatic carboxylic acids is 1. The lowest BCUT2D eigenvalue weighted by atomic mass is 10.0. The van der Waals surface area contributed by atoms with Gasteiger partial charge in [-0.25, -0.2) is 13.2 Å². The Labute approximate surface area is 250 Å². The summed E-state index contributed by atoms with van der Waals surface area (Å²) in [7, 11) is -4.06. The highest BCUT2D eigenvalue weighted by Gasteiger charge is 2.40. The van der Waals surface area contributed by atoms with Gasteiger partial charge in [0.25, 0.3) is 0 Å². The molecule has 0 spiro atoms. The van der Waals surface area contributed by atoms with Crippen molar-refractivity contribution >= 4 is 51.0 Å². The van der Waals surface area contributed by atoms with Crippen molar-refractivity contribution in [2.45, 2.75) is 62.4 Å². The van der Waals surface area contributed by atoms with Crippen LogP contribution in [-0.2, 0) is 35.6 Å². The van der Waals surface area contributed by atoms with Crippen molar-refractivity contribution in [2.75, 3.05) is 23.7 Å². The zero-order valence-electron chi connectivity index (χ0n) is 23.8. The highest BCUT2D eigenvalue weighted by atomic mass is 32.2. The zero-order chi connectivity index (χ0) is 31.6. The van der Waals surface area contributed by atoms with E-state index in [0.29, 0.717) is 42.7 Å². The van der Waals surface area contributed by atoms with E-state index in [1.54, 1.807) is 24.3 Å². The number of anilines is 2. The first-order valence-electron chi connectivity index (χ1n) is 13.8. The SMILES string of the molecule is CC(=O)Nc1ccc(S(=O)(=O)N2CCC[C@H]2C(=O)N[C@@H](Cc2ccc(NC(=O)CCCCNC(=N)N)cc2)C(=O)O)cc1. The molecule has 0 unspecified atom stereocenters. The maximum atomic E-state index is 13.3. The summed E-state index contributed by atoms with van der Waals surface area (Å²) in [5, 5.41) is 27.4. The minimum atomic E-state index is -4.06. The third-order valence-electron chi connectivity index (χ3n) is 6.73. The Hall–Kier alpha value is -4.50. The van der Waals surface area contributed by atoms with Crippen LogP contribution in [0.15, 0.2) is 53.4 Å². The molecule has 3 rings (SSSR count). The van der Waals surface area contributed by atoms with Crippen molar-refractivity contribution in [3.05, 3.63) is 54.1 Å². The van der Waals surface area contributed by atoms with Crippen LogP contribution in [-0.4, -0.2) is 72.7 Å². The second-order valence-corrected chi connectivity index (χ2v) is 12.0. The van der Waals surface area contributed by atoms with Gasteiger partial charge in [-0.1, -0.05) is 12.1 Å². The molecule has 0 aliphatic carbocycles. The number of unbranched alkanes of at least 4 members (excludes halogenated alkanes) is 1. The van der Waals surface area contributed by atoms with Crippen LogP contribution in [0.5, 0.6) is 0 Å². The molecule has 1 heterocycles. The third-order valence-corrected chi connectivity index (χ3v) is 8.65. The number of carboxylic acid groups (broad SMARTS) is 1. The Kier molecular flexibility index (Phi) is 11.6. The van der Waals surface area contributed by atoms with Crippen LogP contribution in [0.1, 0.15) is 44.6 Å². The fraction of sp³-hybridized carbons (Fsp3) is 0.393. The molecule has 2 atom stereocenters. The molecule has 0 aromatic heterocycles. The quantitative estimate of drug-likeness (QED) is 0.0920. The number of carbonyl (C=O) groups is 4. The van der Waals surface area contributed by atoms with Gasteiger partial charge in [0, 0.05) is 44.2 Å². The second kappa shape index (κ2) is 15.1. The summed E-state index contributed by atoms with van der Waals surface area (Å²) in [6, 6.07) is 9.76. The predicted molar refractivity (Wildman–Crippen MR) is 160 cm³/mol. The van der Waals surface area contributed by atoms with Gasteiger partial charge in [-0.15, -0.1) is 0 Å². The molecule has 15 heteroatoms. The molecule has 1 aliphatic heterocycles. The molecule has 2 aromatic rings. The number of hydrogen-bond acceptors (Lipinski definition) is 7. The Morgan fingerprint density at radius 3 is 2.26 bits per heavy atom. The van der Waals surface area contributed by atoms with Gasteiger partial charge in [0.1, 0.15) is 12.1 Å². The van der Waals surface area contributed by atoms with Crippen LogP contribution in [0, 0.1) is 5.41 Å². The molecule has 8 N–H and O–H groups in total. The fourth-order valence-electron chi connectivity index (χ4n) is 4.62. The molecule has 3 amide bonds. The lowest BCUT2D eigenvalue weighted by molar-refractivity contribution is -0.142. The van der Waals surface area contributed by atoms with Gasteiger partial charge >= 0.3 is 5.97 Å². The van der Waals surface area contributed by atoms with Gasteiger partial charge in [-0.2, -0.15) is 4.31 Å². The standard InChI is InChI=1S/C28H37N7O7S/c1-18(36)32-20-11-13-22(14-12-20)43(41,42)35-16-4-5-24(35)26(38)34-23(27(39)40)17-19-7-9-21(10-8-19)33-25(37)6-2-3-15-31-28(29)30/h7-14,23-24H,2-6,15-17H2,1H3,(H,32,36)(H,33,37)(H,34,38)(H,39,40)(H4,29,30,31)/t23-,24-/m0/s1. The molecule has 1 fully saturated rings. The molecule has 232 valence electrons. The smallest absolute Gasteiger partial charge is 0.326 e. The number of nitrogens with zero attached hydrogens (tertiary/aromatic N) is 1. The molecular weight excluding hydrogens is 578 g/mol. The summed E-state index contributed by atoms with van der Waals surface area (Å²) in [5.74, 6) is -2.58. The summed E-state index contributed by atoms with van der Waals surface area (Å²) >= 11 is 0. The topological polar surface area (TPSA) is 224 Å². The van der Waals surface area contributed by atoms with Crippen LogP contribution in [0.3, 0.4) is 0 Å².